The van der Waals surface area contributed by atoms with Crippen molar-refractivity contribution in [3.05, 3.63) is 0 Å². The molecule has 0 saturated carbocycles. The molecule has 0 bridgehead atoms. The van der Waals surface area contributed by atoms with E-state index in [1.54, 1.807) is 0 Å². The summed E-state index contributed by atoms with van der Waals surface area (Å²) < 4.78 is 9.67. The van der Waals surface area contributed by atoms with Crippen LogP contribution >= 0.6 is 0 Å². The molecule has 8 heteroatoms. The van der Waals surface area contributed by atoms with E-state index in [1.807, 2.05) is 6.92 Å². The minimum atomic E-state index is -1.19. The maximum absolute atomic E-state index is 11.5. The van der Waals surface area contributed by atoms with Crippen molar-refractivity contribution in [2.24, 2.45) is 0 Å². The highest BCUT2D eigenvalue weighted by Gasteiger charge is 2.20. The molecule has 0 saturated heterocycles. The molecule has 8 nitrogen and oxygen atoms in total. The number of hydrogen-bond acceptors (Lipinski definition) is 5. The third-order valence-corrected chi connectivity index (χ3v) is 2.57. The summed E-state index contributed by atoms with van der Waals surface area (Å²) in [6.07, 6.45) is 1.50. The Labute approximate surface area is 124 Å². The van der Waals surface area contributed by atoms with Gasteiger partial charge in [-0.1, -0.05) is 6.92 Å². The molecule has 3 N–H and O–H groups in total. The summed E-state index contributed by atoms with van der Waals surface area (Å²) in [5.74, 6) is -1.71. The van der Waals surface area contributed by atoms with E-state index in [0.29, 0.717) is 26.2 Å². The molecule has 0 radical (unpaired) electrons. The van der Waals surface area contributed by atoms with Crippen LogP contribution in [0, 0.1) is 0 Å². The zero-order valence-electron chi connectivity index (χ0n) is 12.5. The molecule has 1 atom stereocenters. The SMILES string of the molecule is CCCOCCCNC(=O)N[C@@H](CCC(=O)OC)C(=O)O. The van der Waals surface area contributed by atoms with Crippen LogP contribution in [0.1, 0.15) is 32.6 Å². The summed E-state index contributed by atoms with van der Waals surface area (Å²) in [7, 11) is 1.22. The number of urea groups is 1. The van der Waals surface area contributed by atoms with Gasteiger partial charge in [0.15, 0.2) is 0 Å². The van der Waals surface area contributed by atoms with Crippen molar-refractivity contribution in [1.29, 1.82) is 0 Å². The summed E-state index contributed by atoms with van der Waals surface area (Å²) in [5, 5.41) is 13.8. The van der Waals surface area contributed by atoms with E-state index >= 15 is 0 Å². The first kappa shape index (κ1) is 19.2. The fourth-order valence-electron chi connectivity index (χ4n) is 1.45. The number of amides is 2. The topological polar surface area (TPSA) is 114 Å². The predicted octanol–water partition coefficient (Wildman–Crippen LogP) is 0.509. The second kappa shape index (κ2) is 12.0. The number of carbonyl (C=O) groups is 3. The van der Waals surface area contributed by atoms with Crippen molar-refractivity contribution in [2.75, 3.05) is 26.9 Å². The summed E-state index contributed by atoms with van der Waals surface area (Å²) in [6.45, 7) is 3.62. The van der Waals surface area contributed by atoms with Gasteiger partial charge in [0.1, 0.15) is 6.04 Å². The normalized spacial score (nSPS) is 11.5. The third kappa shape index (κ3) is 10.6. The Kier molecular flexibility index (Phi) is 10.9. The zero-order chi connectivity index (χ0) is 16.1. The first-order valence-corrected chi connectivity index (χ1v) is 6.93. The average Bonchev–Trinajstić information content (AvgIpc) is 2.46. The van der Waals surface area contributed by atoms with Crippen LogP contribution < -0.4 is 10.6 Å². The Morgan fingerprint density at radius 3 is 2.52 bits per heavy atom. The molecule has 21 heavy (non-hydrogen) atoms. The standard InChI is InChI=1S/C13H24N2O6/c1-3-8-21-9-4-7-14-13(19)15-10(12(17)18)5-6-11(16)20-2/h10H,3-9H2,1-2H3,(H,17,18)(H2,14,15,19)/t10-/m0/s1. The first-order chi connectivity index (χ1) is 10.0. The van der Waals surface area contributed by atoms with E-state index in [-0.39, 0.29) is 12.8 Å². The maximum Gasteiger partial charge on any atom is 0.326 e. The predicted molar refractivity (Wildman–Crippen MR) is 74.9 cm³/mol. The van der Waals surface area contributed by atoms with E-state index in [0.717, 1.165) is 6.42 Å². The molecular weight excluding hydrogens is 280 g/mol. The number of ether oxygens (including phenoxy) is 2. The van der Waals surface area contributed by atoms with Gasteiger partial charge in [-0.05, 0) is 19.3 Å². The molecule has 122 valence electrons. The van der Waals surface area contributed by atoms with Crippen LogP contribution in [-0.2, 0) is 19.1 Å². The molecule has 0 aliphatic heterocycles. The quantitative estimate of drug-likeness (QED) is 0.378. The summed E-state index contributed by atoms with van der Waals surface area (Å²) in [6, 6.07) is -1.71. The van der Waals surface area contributed by atoms with Gasteiger partial charge < -0.3 is 25.2 Å². The molecule has 2 amide bonds. The minimum absolute atomic E-state index is 0.0188. The van der Waals surface area contributed by atoms with Crippen LogP contribution in [0.5, 0.6) is 0 Å². The molecule has 0 aromatic rings. The van der Waals surface area contributed by atoms with Crippen molar-refractivity contribution in [1.82, 2.24) is 10.6 Å². The fraction of sp³-hybridized carbons (Fsp3) is 0.769. The van der Waals surface area contributed by atoms with Gasteiger partial charge in [-0.15, -0.1) is 0 Å². The molecule has 0 rings (SSSR count). The van der Waals surface area contributed by atoms with Gasteiger partial charge in [-0.2, -0.15) is 0 Å². The van der Waals surface area contributed by atoms with Gasteiger partial charge >= 0.3 is 18.0 Å². The Balaban J connectivity index is 3.90. The highest BCUT2D eigenvalue weighted by atomic mass is 16.5. The van der Waals surface area contributed by atoms with Crippen LogP contribution in [0.15, 0.2) is 0 Å². The Hall–Kier alpha value is -1.83. The lowest BCUT2D eigenvalue weighted by Crippen LogP contribution is -2.46. The number of hydrogen-bond donors (Lipinski definition) is 3. The number of rotatable bonds is 11. The van der Waals surface area contributed by atoms with Crippen LogP contribution in [0.4, 0.5) is 4.79 Å². The molecule has 0 fully saturated rings. The van der Waals surface area contributed by atoms with Gasteiger partial charge in [-0.25, -0.2) is 9.59 Å². The van der Waals surface area contributed by atoms with Gasteiger partial charge in [0.05, 0.1) is 7.11 Å². The van der Waals surface area contributed by atoms with Gasteiger partial charge in [0, 0.05) is 26.2 Å². The summed E-state index contributed by atoms with van der Waals surface area (Å²) in [4.78, 5) is 33.5. The molecule has 0 unspecified atom stereocenters. The van der Waals surface area contributed by atoms with E-state index in [9.17, 15) is 14.4 Å². The number of methoxy groups -OCH3 is 1. The summed E-state index contributed by atoms with van der Waals surface area (Å²) in [5.41, 5.74) is 0. The molecule has 0 heterocycles. The second-order valence-corrected chi connectivity index (χ2v) is 4.37. The average molecular weight is 304 g/mol. The van der Waals surface area contributed by atoms with Gasteiger partial charge in [0.2, 0.25) is 0 Å². The number of carbonyl (C=O) groups excluding carboxylic acids is 2. The van der Waals surface area contributed by atoms with Crippen molar-refractivity contribution in [3.8, 4) is 0 Å². The first-order valence-electron chi connectivity index (χ1n) is 6.93. The maximum atomic E-state index is 11.5. The van der Waals surface area contributed by atoms with Crippen molar-refractivity contribution in [3.63, 3.8) is 0 Å². The molecule has 0 aromatic carbocycles. The largest absolute Gasteiger partial charge is 0.480 e. The van der Waals surface area contributed by atoms with Crippen LogP contribution in [0.2, 0.25) is 0 Å². The van der Waals surface area contributed by atoms with Crippen LogP contribution in [0.3, 0.4) is 0 Å². The van der Waals surface area contributed by atoms with Crippen molar-refractivity contribution < 1.29 is 29.0 Å². The van der Waals surface area contributed by atoms with E-state index in [1.165, 1.54) is 7.11 Å². The lowest BCUT2D eigenvalue weighted by molar-refractivity contribution is -0.142. The Morgan fingerprint density at radius 2 is 1.95 bits per heavy atom. The fourth-order valence-corrected chi connectivity index (χ4v) is 1.45. The van der Waals surface area contributed by atoms with Crippen molar-refractivity contribution in [2.45, 2.75) is 38.6 Å². The van der Waals surface area contributed by atoms with E-state index in [2.05, 4.69) is 15.4 Å². The lowest BCUT2D eigenvalue weighted by atomic mass is 10.1. The van der Waals surface area contributed by atoms with Crippen LogP contribution in [0.25, 0.3) is 0 Å². The van der Waals surface area contributed by atoms with E-state index < -0.39 is 24.0 Å². The third-order valence-electron chi connectivity index (χ3n) is 2.57. The molecule has 0 aliphatic carbocycles. The molecule has 0 spiro atoms. The number of aliphatic carboxylic acids is 1. The number of esters is 1. The number of nitrogens with one attached hydrogen (secondary N) is 2. The second-order valence-electron chi connectivity index (χ2n) is 4.37. The van der Waals surface area contributed by atoms with Crippen LogP contribution in [-0.4, -0.2) is 56.0 Å². The number of carboxylic acid groups (broad SMARTS) is 1. The van der Waals surface area contributed by atoms with E-state index in [4.69, 9.17) is 9.84 Å². The summed E-state index contributed by atoms with van der Waals surface area (Å²) >= 11 is 0. The minimum Gasteiger partial charge on any atom is -0.480 e. The van der Waals surface area contributed by atoms with Gasteiger partial charge in [-0.3, -0.25) is 4.79 Å². The zero-order valence-corrected chi connectivity index (χ0v) is 12.5. The Bertz CT molecular complexity index is 335. The highest BCUT2D eigenvalue weighted by Crippen LogP contribution is 1.99. The molecule has 0 aliphatic rings. The monoisotopic (exact) mass is 304 g/mol. The lowest BCUT2D eigenvalue weighted by Gasteiger charge is -2.14. The smallest absolute Gasteiger partial charge is 0.326 e. The molecular formula is C13H24N2O6. The Morgan fingerprint density at radius 1 is 1.24 bits per heavy atom. The van der Waals surface area contributed by atoms with Crippen molar-refractivity contribution >= 4 is 18.0 Å². The highest BCUT2D eigenvalue weighted by molar-refractivity contribution is 5.83. The molecule has 0 aromatic heterocycles. The van der Waals surface area contributed by atoms with Gasteiger partial charge in [0.25, 0.3) is 0 Å². The number of carboxylic acids is 1.